The third-order valence-electron chi connectivity index (χ3n) is 4.96. The van der Waals surface area contributed by atoms with Gasteiger partial charge < -0.3 is 14.1 Å². The van der Waals surface area contributed by atoms with E-state index in [0.29, 0.717) is 29.8 Å². The first-order chi connectivity index (χ1) is 16.5. The van der Waals surface area contributed by atoms with Gasteiger partial charge >= 0.3 is 6.61 Å². The van der Waals surface area contributed by atoms with Crippen LogP contribution in [0.15, 0.2) is 82.6 Å². The number of ether oxygens (including phenoxy) is 1. The number of thioether (sulfide) groups is 1. The highest BCUT2D eigenvalue weighted by molar-refractivity contribution is 7.99. The SMILES string of the molecule is CN(Cc1ccc(OC(F)F)cc1)C(=O)CSc1nnc(-c2ccco2)n1Cc1ccccc1. The molecule has 0 N–H and O–H groups in total. The van der Waals surface area contributed by atoms with Gasteiger partial charge in [-0.2, -0.15) is 8.78 Å². The number of amides is 1. The quantitative estimate of drug-likeness (QED) is 0.297. The maximum absolute atomic E-state index is 12.7. The fourth-order valence-electron chi connectivity index (χ4n) is 3.27. The molecule has 0 saturated carbocycles. The second kappa shape index (κ2) is 11.0. The number of aromatic nitrogens is 3. The van der Waals surface area contributed by atoms with E-state index >= 15 is 0 Å². The molecule has 2 aromatic heterocycles. The lowest BCUT2D eigenvalue weighted by molar-refractivity contribution is -0.127. The topological polar surface area (TPSA) is 73.4 Å². The average molecular weight is 485 g/mol. The molecule has 0 aliphatic carbocycles. The van der Waals surface area contributed by atoms with E-state index in [1.54, 1.807) is 36.4 Å². The molecule has 2 aromatic carbocycles. The van der Waals surface area contributed by atoms with E-state index in [2.05, 4.69) is 14.9 Å². The fraction of sp³-hybridized carbons (Fsp3) is 0.208. The van der Waals surface area contributed by atoms with Gasteiger partial charge in [0.1, 0.15) is 5.75 Å². The van der Waals surface area contributed by atoms with Gasteiger partial charge in [-0.1, -0.05) is 54.2 Å². The number of carbonyl (C=O) groups is 1. The zero-order chi connectivity index (χ0) is 23.9. The minimum Gasteiger partial charge on any atom is -0.461 e. The summed E-state index contributed by atoms with van der Waals surface area (Å²) in [6.07, 6.45) is 1.58. The van der Waals surface area contributed by atoms with E-state index < -0.39 is 6.61 Å². The van der Waals surface area contributed by atoms with Crippen molar-refractivity contribution in [3.05, 3.63) is 84.1 Å². The first-order valence-corrected chi connectivity index (χ1v) is 11.4. The number of hydrogen-bond acceptors (Lipinski definition) is 6. The fourth-order valence-corrected chi connectivity index (χ4v) is 4.15. The number of rotatable bonds is 10. The molecule has 0 aliphatic rings. The Balaban J connectivity index is 1.41. The van der Waals surface area contributed by atoms with Crippen LogP contribution in [-0.4, -0.2) is 45.0 Å². The second-order valence-corrected chi connectivity index (χ2v) is 8.36. The van der Waals surface area contributed by atoms with Crippen molar-refractivity contribution in [1.82, 2.24) is 19.7 Å². The Labute approximate surface area is 199 Å². The lowest BCUT2D eigenvalue weighted by Gasteiger charge is -2.17. The van der Waals surface area contributed by atoms with Crippen LogP contribution in [-0.2, 0) is 17.9 Å². The van der Waals surface area contributed by atoms with Crippen molar-refractivity contribution in [3.63, 3.8) is 0 Å². The Kier molecular flexibility index (Phi) is 7.58. The first-order valence-electron chi connectivity index (χ1n) is 10.4. The Hall–Kier alpha value is -3.66. The third-order valence-corrected chi connectivity index (χ3v) is 5.91. The number of nitrogens with zero attached hydrogens (tertiary/aromatic N) is 4. The van der Waals surface area contributed by atoms with Crippen LogP contribution in [0.2, 0.25) is 0 Å². The monoisotopic (exact) mass is 484 g/mol. The van der Waals surface area contributed by atoms with Crippen LogP contribution in [0.3, 0.4) is 0 Å². The Bertz CT molecular complexity index is 1200. The maximum atomic E-state index is 12.7. The highest BCUT2D eigenvalue weighted by atomic mass is 32.2. The van der Waals surface area contributed by atoms with Crippen molar-refractivity contribution in [3.8, 4) is 17.3 Å². The molecule has 0 unspecified atom stereocenters. The molecule has 0 bridgehead atoms. The van der Waals surface area contributed by atoms with Crippen molar-refractivity contribution in [2.24, 2.45) is 0 Å². The number of hydrogen-bond donors (Lipinski definition) is 0. The Morgan fingerprint density at radius 3 is 2.50 bits per heavy atom. The molecule has 7 nitrogen and oxygen atoms in total. The highest BCUT2D eigenvalue weighted by Gasteiger charge is 2.19. The van der Waals surface area contributed by atoms with Crippen LogP contribution >= 0.6 is 11.8 Å². The summed E-state index contributed by atoms with van der Waals surface area (Å²) >= 11 is 1.29. The molecular formula is C24H22F2N4O3S. The van der Waals surface area contributed by atoms with E-state index in [1.165, 1.54) is 23.9 Å². The van der Waals surface area contributed by atoms with Crippen LogP contribution < -0.4 is 4.74 Å². The van der Waals surface area contributed by atoms with Gasteiger partial charge in [-0.25, -0.2) is 0 Å². The molecule has 0 atom stereocenters. The highest BCUT2D eigenvalue weighted by Crippen LogP contribution is 2.26. The van der Waals surface area contributed by atoms with Crippen LogP contribution in [0, 0.1) is 0 Å². The van der Waals surface area contributed by atoms with Gasteiger partial charge in [-0.15, -0.1) is 10.2 Å². The van der Waals surface area contributed by atoms with Gasteiger partial charge in [0.25, 0.3) is 0 Å². The summed E-state index contributed by atoms with van der Waals surface area (Å²) in [5, 5.41) is 9.17. The molecule has 1 amide bonds. The summed E-state index contributed by atoms with van der Waals surface area (Å²) in [4.78, 5) is 14.3. The number of benzene rings is 2. The van der Waals surface area contributed by atoms with Gasteiger partial charge in [0.2, 0.25) is 11.7 Å². The molecular weight excluding hydrogens is 462 g/mol. The number of furan rings is 1. The van der Waals surface area contributed by atoms with Gasteiger partial charge in [0.15, 0.2) is 10.9 Å². The molecule has 0 aliphatic heterocycles. The van der Waals surface area contributed by atoms with Gasteiger partial charge in [-0.3, -0.25) is 9.36 Å². The molecule has 0 fully saturated rings. The standard InChI is InChI=1S/C24H22F2N4O3S/c1-29(14-18-9-11-19(12-10-18)33-23(25)26)21(31)16-34-24-28-27-22(20-8-5-13-32-20)30(24)15-17-6-3-2-4-7-17/h2-13,23H,14-16H2,1H3. The van der Waals surface area contributed by atoms with E-state index in [4.69, 9.17) is 4.42 Å². The summed E-state index contributed by atoms with van der Waals surface area (Å²) in [6.45, 7) is -2.00. The molecule has 4 rings (SSSR count). The summed E-state index contributed by atoms with van der Waals surface area (Å²) in [5.41, 5.74) is 1.87. The van der Waals surface area contributed by atoms with Gasteiger partial charge in [0, 0.05) is 13.6 Å². The van der Waals surface area contributed by atoms with E-state index in [9.17, 15) is 13.6 Å². The Morgan fingerprint density at radius 2 is 1.82 bits per heavy atom. The first kappa shape index (κ1) is 23.5. The lowest BCUT2D eigenvalue weighted by atomic mass is 10.2. The molecule has 2 heterocycles. The predicted molar refractivity (Wildman–Crippen MR) is 124 cm³/mol. The van der Waals surface area contributed by atoms with Crippen LogP contribution in [0.5, 0.6) is 5.75 Å². The molecule has 10 heteroatoms. The Morgan fingerprint density at radius 1 is 1.06 bits per heavy atom. The lowest BCUT2D eigenvalue weighted by Crippen LogP contribution is -2.27. The molecule has 176 valence electrons. The minimum atomic E-state index is -2.87. The summed E-state index contributed by atoms with van der Waals surface area (Å²) in [7, 11) is 1.69. The largest absolute Gasteiger partial charge is 0.461 e. The molecule has 0 radical (unpaired) electrons. The zero-order valence-corrected chi connectivity index (χ0v) is 19.1. The van der Waals surface area contributed by atoms with Crippen molar-refractivity contribution in [2.75, 3.05) is 12.8 Å². The minimum absolute atomic E-state index is 0.0772. The molecule has 4 aromatic rings. The third kappa shape index (κ3) is 6.02. The van der Waals surface area contributed by atoms with Gasteiger partial charge in [0.05, 0.1) is 18.6 Å². The number of carbonyl (C=O) groups excluding carboxylic acids is 1. The predicted octanol–water partition coefficient (Wildman–Crippen LogP) is 4.94. The number of halogens is 2. The van der Waals surface area contributed by atoms with Crippen molar-refractivity contribution < 1.29 is 22.7 Å². The van der Waals surface area contributed by atoms with Crippen LogP contribution in [0.4, 0.5) is 8.78 Å². The number of alkyl halides is 2. The average Bonchev–Trinajstić information content (AvgIpc) is 3.49. The van der Waals surface area contributed by atoms with Crippen molar-refractivity contribution in [1.29, 1.82) is 0 Å². The van der Waals surface area contributed by atoms with Crippen LogP contribution in [0.25, 0.3) is 11.6 Å². The smallest absolute Gasteiger partial charge is 0.387 e. The summed E-state index contributed by atoms with van der Waals surface area (Å²) in [5.74, 6) is 1.31. The molecule has 0 saturated heterocycles. The summed E-state index contributed by atoms with van der Waals surface area (Å²) < 4.78 is 36.4. The van der Waals surface area contributed by atoms with Crippen molar-refractivity contribution in [2.45, 2.75) is 24.9 Å². The summed E-state index contributed by atoms with van der Waals surface area (Å²) in [6, 6.07) is 19.7. The van der Waals surface area contributed by atoms with E-state index in [1.807, 2.05) is 41.0 Å². The maximum Gasteiger partial charge on any atom is 0.387 e. The molecule has 34 heavy (non-hydrogen) atoms. The zero-order valence-electron chi connectivity index (χ0n) is 18.3. The second-order valence-electron chi connectivity index (χ2n) is 7.42. The van der Waals surface area contributed by atoms with Gasteiger partial charge in [-0.05, 0) is 35.4 Å². The normalized spacial score (nSPS) is 11.1. The van der Waals surface area contributed by atoms with Crippen molar-refractivity contribution >= 4 is 17.7 Å². The van der Waals surface area contributed by atoms with Crippen LogP contribution in [0.1, 0.15) is 11.1 Å². The molecule has 0 spiro atoms. The van der Waals surface area contributed by atoms with E-state index in [-0.39, 0.29) is 17.4 Å². The van der Waals surface area contributed by atoms with E-state index in [0.717, 1.165) is 11.1 Å².